The van der Waals surface area contributed by atoms with Gasteiger partial charge in [0.2, 0.25) is 0 Å². The van der Waals surface area contributed by atoms with E-state index in [1.165, 1.54) is 24.3 Å². The summed E-state index contributed by atoms with van der Waals surface area (Å²) < 4.78 is 37.5. The lowest BCUT2D eigenvalue weighted by molar-refractivity contribution is -0.146. The van der Waals surface area contributed by atoms with Gasteiger partial charge in [-0.25, -0.2) is 0 Å². The van der Waals surface area contributed by atoms with Crippen LogP contribution in [0, 0.1) is 0 Å². The van der Waals surface area contributed by atoms with Gasteiger partial charge in [-0.3, -0.25) is 4.79 Å². The Morgan fingerprint density at radius 3 is 2.28 bits per heavy atom. The van der Waals surface area contributed by atoms with Crippen molar-refractivity contribution in [1.82, 2.24) is 5.32 Å². The number of carbonyl (C=O) groups excluding carboxylic acids is 1. The summed E-state index contributed by atoms with van der Waals surface area (Å²) in [6.07, 6.45) is -2.29. The summed E-state index contributed by atoms with van der Waals surface area (Å²) >= 11 is 0. The van der Waals surface area contributed by atoms with Gasteiger partial charge in [0.05, 0.1) is 5.92 Å². The minimum atomic E-state index is -4.25. The lowest BCUT2D eigenvalue weighted by Crippen LogP contribution is -2.25. The Morgan fingerprint density at radius 2 is 1.83 bits per heavy atom. The second-order valence-electron chi connectivity index (χ2n) is 4.63. The predicted octanol–water partition coefficient (Wildman–Crippen LogP) is 3.24. The lowest BCUT2D eigenvalue weighted by atomic mass is 9.99. The van der Waals surface area contributed by atoms with Crippen molar-refractivity contribution < 1.29 is 18.0 Å². The van der Waals surface area contributed by atoms with Crippen molar-refractivity contribution >= 4 is 5.91 Å². The van der Waals surface area contributed by atoms with Crippen LogP contribution in [-0.2, 0) is 0 Å². The zero-order valence-electron chi connectivity index (χ0n) is 9.92. The molecule has 1 amide bonds. The molecule has 1 aromatic rings. The Bertz CT molecular complexity index is 435. The molecule has 1 aliphatic carbocycles. The Balaban J connectivity index is 2.06. The molecule has 0 radical (unpaired) electrons. The van der Waals surface area contributed by atoms with Crippen molar-refractivity contribution in [2.75, 3.05) is 0 Å². The topological polar surface area (TPSA) is 29.1 Å². The number of carbonyl (C=O) groups is 1. The van der Waals surface area contributed by atoms with Gasteiger partial charge in [0.15, 0.2) is 0 Å². The second kappa shape index (κ2) is 4.63. The summed E-state index contributed by atoms with van der Waals surface area (Å²) in [5.74, 6) is -1.73. The fourth-order valence-electron chi connectivity index (χ4n) is 1.61. The van der Waals surface area contributed by atoms with Crippen LogP contribution in [0.5, 0.6) is 0 Å². The summed E-state index contributed by atoms with van der Waals surface area (Å²) in [6.45, 7) is 1.11. The van der Waals surface area contributed by atoms with Crippen LogP contribution >= 0.6 is 0 Å². The zero-order chi connectivity index (χ0) is 13.3. The Morgan fingerprint density at radius 1 is 1.28 bits per heavy atom. The van der Waals surface area contributed by atoms with E-state index in [0.717, 1.165) is 19.8 Å². The van der Waals surface area contributed by atoms with Crippen LogP contribution in [-0.4, -0.2) is 18.1 Å². The highest BCUT2D eigenvalue weighted by molar-refractivity contribution is 5.94. The number of halogens is 3. The molecule has 0 aliphatic heterocycles. The molecule has 0 spiro atoms. The third kappa shape index (κ3) is 3.03. The molecule has 1 unspecified atom stereocenters. The Kier molecular flexibility index (Phi) is 3.32. The smallest absolute Gasteiger partial charge is 0.349 e. The Labute approximate surface area is 103 Å². The number of nitrogens with one attached hydrogen (secondary N) is 1. The first-order valence-corrected chi connectivity index (χ1v) is 5.85. The molecular formula is C13H14F3NO. The quantitative estimate of drug-likeness (QED) is 0.884. The maximum Gasteiger partial charge on any atom is 0.395 e. The monoisotopic (exact) mass is 257 g/mol. The molecule has 18 heavy (non-hydrogen) atoms. The minimum Gasteiger partial charge on any atom is -0.349 e. The predicted molar refractivity (Wildman–Crippen MR) is 61.4 cm³/mol. The molecule has 5 heteroatoms. The average Bonchev–Trinajstić information content (AvgIpc) is 3.11. The third-order valence-electron chi connectivity index (χ3n) is 3.08. The van der Waals surface area contributed by atoms with Crippen LogP contribution in [0.4, 0.5) is 13.2 Å². The summed E-state index contributed by atoms with van der Waals surface area (Å²) in [4.78, 5) is 11.6. The number of alkyl halides is 3. The average molecular weight is 257 g/mol. The van der Waals surface area contributed by atoms with Gasteiger partial charge in [0, 0.05) is 11.6 Å². The molecule has 1 saturated carbocycles. The first-order valence-electron chi connectivity index (χ1n) is 5.85. The van der Waals surface area contributed by atoms with Gasteiger partial charge in [-0.2, -0.15) is 13.2 Å². The molecule has 0 bridgehead atoms. The molecule has 98 valence electrons. The first kappa shape index (κ1) is 12.9. The maximum atomic E-state index is 12.5. The molecule has 1 atom stereocenters. The van der Waals surface area contributed by atoms with E-state index in [0.29, 0.717) is 5.56 Å². The van der Waals surface area contributed by atoms with Crippen molar-refractivity contribution in [3.8, 4) is 0 Å². The molecular weight excluding hydrogens is 243 g/mol. The number of benzene rings is 1. The SMILES string of the molecule is CC(c1ccc(C(=O)NC2CC2)cc1)C(F)(F)F. The van der Waals surface area contributed by atoms with Crippen LogP contribution < -0.4 is 5.32 Å². The van der Waals surface area contributed by atoms with E-state index >= 15 is 0 Å². The largest absolute Gasteiger partial charge is 0.395 e. The number of rotatable bonds is 3. The fraction of sp³-hybridized carbons (Fsp3) is 0.462. The molecule has 1 fully saturated rings. The fourth-order valence-corrected chi connectivity index (χ4v) is 1.61. The van der Waals surface area contributed by atoms with E-state index in [9.17, 15) is 18.0 Å². The Hall–Kier alpha value is -1.52. The lowest BCUT2D eigenvalue weighted by Gasteiger charge is -2.16. The van der Waals surface area contributed by atoms with Crippen LogP contribution in [0.15, 0.2) is 24.3 Å². The molecule has 0 aromatic heterocycles. The van der Waals surface area contributed by atoms with Crippen LogP contribution in [0.25, 0.3) is 0 Å². The van der Waals surface area contributed by atoms with Gasteiger partial charge in [-0.15, -0.1) is 0 Å². The van der Waals surface area contributed by atoms with E-state index in [-0.39, 0.29) is 17.5 Å². The van der Waals surface area contributed by atoms with E-state index in [1.54, 1.807) is 0 Å². The van der Waals surface area contributed by atoms with Crippen LogP contribution in [0.2, 0.25) is 0 Å². The summed E-state index contributed by atoms with van der Waals surface area (Å²) in [6, 6.07) is 5.84. The first-order chi connectivity index (χ1) is 8.38. The highest BCUT2D eigenvalue weighted by Gasteiger charge is 2.36. The molecule has 0 heterocycles. The zero-order valence-corrected chi connectivity index (χ0v) is 9.92. The van der Waals surface area contributed by atoms with Crippen molar-refractivity contribution in [2.45, 2.75) is 37.9 Å². The highest BCUT2D eigenvalue weighted by atomic mass is 19.4. The molecule has 2 rings (SSSR count). The van der Waals surface area contributed by atoms with Crippen molar-refractivity contribution in [2.24, 2.45) is 0 Å². The van der Waals surface area contributed by atoms with Crippen molar-refractivity contribution in [1.29, 1.82) is 0 Å². The highest BCUT2D eigenvalue weighted by Crippen LogP contribution is 2.34. The number of hydrogen-bond donors (Lipinski definition) is 1. The molecule has 1 aromatic carbocycles. The van der Waals surface area contributed by atoms with Gasteiger partial charge in [0.1, 0.15) is 0 Å². The molecule has 1 N–H and O–H groups in total. The summed E-state index contributed by atoms with van der Waals surface area (Å²) in [5, 5.41) is 2.79. The van der Waals surface area contributed by atoms with E-state index < -0.39 is 12.1 Å². The normalized spacial score (nSPS) is 17.3. The van der Waals surface area contributed by atoms with Crippen LogP contribution in [0.3, 0.4) is 0 Å². The van der Waals surface area contributed by atoms with Gasteiger partial charge in [0.25, 0.3) is 5.91 Å². The number of amides is 1. The summed E-state index contributed by atoms with van der Waals surface area (Å²) in [7, 11) is 0. The standard InChI is InChI=1S/C13H14F3NO/c1-8(13(14,15)16)9-2-4-10(5-3-9)12(18)17-11-6-7-11/h2-5,8,11H,6-7H2,1H3,(H,17,18). The third-order valence-corrected chi connectivity index (χ3v) is 3.08. The van der Waals surface area contributed by atoms with Gasteiger partial charge in [-0.1, -0.05) is 12.1 Å². The molecule has 1 aliphatic rings. The molecule has 0 saturated heterocycles. The van der Waals surface area contributed by atoms with E-state index in [4.69, 9.17) is 0 Å². The van der Waals surface area contributed by atoms with Gasteiger partial charge in [-0.05, 0) is 37.5 Å². The van der Waals surface area contributed by atoms with E-state index in [1.807, 2.05) is 0 Å². The summed E-state index contributed by atoms with van der Waals surface area (Å²) in [5.41, 5.74) is 0.575. The van der Waals surface area contributed by atoms with Gasteiger partial charge >= 0.3 is 6.18 Å². The van der Waals surface area contributed by atoms with Crippen LogP contribution in [0.1, 0.15) is 41.6 Å². The maximum absolute atomic E-state index is 12.5. The van der Waals surface area contributed by atoms with Gasteiger partial charge < -0.3 is 5.32 Å². The van der Waals surface area contributed by atoms with Crippen molar-refractivity contribution in [3.05, 3.63) is 35.4 Å². The second-order valence-corrected chi connectivity index (χ2v) is 4.63. The van der Waals surface area contributed by atoms with Crippen molar-refractivity contribution in [3.63, 3.8) is 0 Å². The minimum absolute atomic E-state index is 0.172. The number of hydrogen-bond acceptors (Lipinski definition) is 1. The molecule has 2 nitrogen and oxygen atoms in total. The van der Waals surface area contributed by atoms with E-state index in [2.05, 4.69) is 5.32 Å².